The van der Waals surface area contributed by atoms with Crippen LogP contribution in [0.2, 0.25) is 5.02 Å². The summed E-state index contributed by atoms with van der Waals surface area (Å²) in [6, 6.07) is 47.6. The summed E-state index contributed by atoms with van der Waals surface area (Å²) in [5.74, 6) is 4.71. The monoisotopic (exact) mass is 1330 g/mol. The number of methoxy groups -OCH3 is 3. The minimum atomic E-state index is 0.551. The molecule has 516 valence electrons. The van der Waals surface area contributed by atoms with E-state index in [0.717, 1.165) is 148 Å². The Balaban J connectivity index is 0.000000139. The van der Waals surface area contributed by atoms with Crippen LogP contribution < -0.4 is 23.8 Å². The lowest BCUT2D eigenvalue weighted by Gasteiger charge is -2.36. The van der Waals surface area contributed by atoms with Gasteiger partial charge in [0.05, 0.1) is 39.1 Å². The molecule has 8 aromatic rings. The summed E-state index contributed by atoms with van der Waals surface area (Å²) in [5.41, 5.74) is 10.3. The van der Waals surface area contributed by atoms with Crippen molar-refractivity contribution in [2.24, 2.45) is 0 Å². The van der Waals surface area contributed by atoms with E-state index in [4.69, 9.17) is 45.6 Å². The van der Waals surface area contributed by atoms with Gasteiger partial charge in [0.2, 0.25) is 0 Å². The van der Waals surface area contributed by atoms with E-state index >= 15 is 0 Å². The molecule has 0 amide bonds. The van der Waals surface area contributed by atoms with Gasteiger partial charge < -0.3 is 38.5 Å². The van der Waals surface area contributed by atoms with E-state index < -0.39 is 0 Å². The lowest BCUT2D eigenvalue weighted by atomic mass is 10.1. The maximum Gasteiger partial charge on any atom is 0.162 e. The number of nitrogens with zero attached hydrogens (tertiary/aromatic N) is 13. The summed E-state index contributed by atoms with van der Waals surface area (Å²) in [7, 11) is 5.05. The number of hydrogen-bond acceptors (Lipinski definition) is 16. The van der Waals surface area contributed by atoms with Crippen molar-refractivity contribution in [3.63, 3.8) is 0 Å². The maximum atomic E-state index is 6.15. The molecule has 0 N–H and O–H groups in total. The summed E-state index contributed by atoms with van der Waals surface area (Å²) >= 11 is 6.15. The molecular formula is C79H104ClN13O4. The fraction of sp³-hybridized carbons (Fsp3) is 0.481. The molecule has 0 bridgehead atoms. The Hall–Kier alpha value is -7.16. The van der Waals surface area contributed by atoms with Crippen molar-refractivity contribution in [1.82, 2.24) is 58.9 Å². The van der Waals surface area contributed by atoms with Crippen molar-refractivity contribution in [3.8, 4) is 45.6 Å². The number of aryl methyl sites for hydroxylation is 1. The topological polar surface area (TPSA) is 110 Å². The van der Waals surface area contributed by atoms with Crippen molar-refractivity contribution in [2.75, 3.05) is 183 Å². The Morgan fingerprint density at radius 1 is 0.402 bits per heavy atom. The Labute approximate surface area is 582 Å². The highest BCUT2D eigenvalue weighted by molar-refractivity contribution is 6.30. The van der Waals surface area contributed by atoms with E-state index in [2.05, 4.69) is 159 Å². The molecule has 0 aliphatic carbocycles. The van der Waals surface area contributed by atoms with Crippen LogP contribution in [0.5, 0.6) is 23.0 Å². The third kappa shape index (κ3) is 20.0. The Morgan fingerprint density at radius 3 is 1.42 bits per heavy atom. The standard InChI is InChI=1S/C27H34ClN5.C26H33N5O2.C26H37N3O2/c28-26-10-8-24(9-11-26)27-25(22-33(29-27)20-23-6-2-1-3-7-23)21-32-18-16-31(17-19-32)15-14-30-12-4-5-13-30;1-32-23-18-21-22(19-24(23)33-2)27-25(20-8-4-3-5-9-20)28-26(21)31-16-14-30(15-17-31)13-12-29-10-6-7-11-29;1-22-5-7-23(8-6-22)21-31-25-10-9-24(19-26(25)30-2)20-29-17-15-28(16-18-29)14-13-27-11-3-4-12-27/h1-3,6-11,22H,4-5,12-21H2;3-5,8-9,18-19H,6-7,10-17H2,1-2H3;5-10,19H,3-4,11-18,20-21H2,1-2H3. The molecule has 0 atom stereocenters. The smallest absolute Gasteiger partial charge is 0.162 e. The van der Waals surface area contributed by atoms with E-state index in [0.29, 0.717) is 18.1 Å². The van der Waals surface area contributed by atoms with Crippen LogP contribution in [-0.2, 0) is 26.2 Å². The zero-order chi connectivity index (χ0) is 66.6. The van der Waals surface area contributed by atoms with Crippen LogP contribution in [0.15, 0.2) is 146 Å². The zero-order valence-electron chi connectivity index (χ0n) is 58.2. The summed E-state index contributed by atoms with van der Waals surface area (Å²) in [6.07, 6.45) is 10.5. The SMILES string of the molecule is COc1cc(CN2CCN(CCN3CCCC3)CC2)ccc1OCc1ccc(C)cc1.COc1cc2nc(-c3ccccc3)nc(N3CCN(CCN4CCCC4)CC3)c2cc1OC.Clc1ccc(-c2nn(Cc3ccccc3)cc2CN2CCN(CCN3CCCC3)CC2)cc1. The minimum Gasteiger partial charge on any atom is -0.493 e. The van der Waals surface area contributed by atoms with Gasteiger partial charge in [0.1, 0.15) is 12.4 Å². The maximum absolute atomic E-state index is 6.15. The third-order valence-electron chi connectivity index (χ3n) is 20.3. The number of likely N-dealkylation sites (tertiary alicyclic amines) is 3. The first-order valence-electron chi connectivity index (χ1n) is 35.9. The van der Waals surface area contributed by atoms with Gasteiger partial charge in [0.15, 0.2) is 28.8 Å². The minimum absolute atomic E-state index is 0.551. The zero-order valence-corrected chi connectivity index (χ0v) is 59.0. The number of aromatic nitrogens is 4. The predicted octanol–water partition coefficient (Wildman–Crippen LogP) is 11.8. The van der Waals surface area contributed by atoms with Gasteiger partial charge in [-0.2, -0.15) is 5.10 Å². The fourth-order valence-corrected chi connectivity index (χ4v) is 14.5. The van der Waals surface area contributed by atoms with Crippen molar-refractivity contribution in [2.45, 2.75) is 71.7 Å². The van der Waals surface area contributed by atoms with Crippen molar-refractivity contribution >= 4 is 28.3 Å². The second-order valence-corrected chi connectivity index (χ2v) is 27.6. The van der Waals surface area contributed by atoms with Crippen LogP contribution in [0.4, 0.5) is 5.82 Å². The number of piperazine rings is 3. The van der Waals surface area contributed by atoms with Crippen molar-refractivity contribution < 1.29 is 18.9 Å². The van der Waals surface area contributed by atoms with Gasteiger partial charge >= 0.3 is 0 Å². The molecule has 6 aliphatic rings. The first kappa shape index (κ1) is 69.7. The lowest BCUT2D eigenvalue weighted by Crippen LogP contribution is -2.48. The largest absolute Gasteiger partial charge is 0.493 e. The lowest BCUT2D eigenvalue weighted by molar-refractivity contribution is 0.117. The molecule has 6 saturated heterocycles. The van der Waals surface area contributed by atoms with Gasteiger partial charge in [-0.05, 0) is 132 Å². The van der Waals surface area contributed by atoms with Gasteiger partial charge in [-0.3, -0.25) is 29.2 Å². The molecule has 17 nitrogen and oxygen atoms in total. The molecule has 6 aliphatic heterocycles. The molecule has 0 saturated carbocycles. The van der Waals surface area contributed by atoms with Crippen LogP contribution >= 0.6 is 11.6 Å². The normalized spacial score (nSPS) is 18.1. The molecule has 0 radical (unpaired) electrons. The quantitative estimate of drug-likeness (QED) is 0.0572. The summed E-state index contributed by atoms with van der Waals surface area (Å²) in [5, 5.41) is 6.75. The highest BCUT2D eigenvalue weighted by Gasteiger charge is 2.26. The van der Waals surface area contributed by atoms with Gasteiger partial charge in [0, 0.05) is 170 Å². The van der Waals surface area contributed by atoms with Gasteiger partial charge in [-0.1, -0.05) is 120 Å². The molecule has 18 heteroatoms. The molecule has 14 rings (SSSR count). The van der Waals surface area contributed by atoms with Crippen molar-refractivity contribution in [1.29, 1.82) is 0 Å². The van der Waals surface area contributed by atoms with E-state index in [1.807, 2.05) is 42.5 Å². The Kier molecular flexibility index (Phi) is 25.6. The average Bonchev–Trinajstić information content (AvgIpc) is 1.49. The van der Waals surface area contributed by atoms with E-state index in [-0.39, 0.29) is 0 Å². The first-order valence-corrected chi connectivity index (χ1v) is 36.3. The van der Waals surface area contributed by atoms with Crippen LogP contribution in [0.25, 0.3) is 33.5 Å². The summed E-state index contributed by atoms with van der Waals surface area (Å²) in [4.78, 5) is 33.1. The van der Waals surface area contributed by atoms with Gasteiger partial charge in [-0.15, -0.1) is 0 Å². The van der Waals surface area contributed by atoms with E-state index in [9.17, 15) is 0 Å². The van der Waals surface area contributed by atoms with Crippen molar-refractivity contribution in [3.05, 3.63) is 179 Å². The average molecular weight is 1340 g/mol. The van der Waals surface area contributed by atoms with Crippen LogP contribution in [0, 0.1) is 6.92 Å². The summed E-state index contributed by atoms with van der Waals surface area (Å²) < 4.78 is 24.9. The number of fused-ring (bicyclic) bond motifs is 1. The number of halogens is 1. The molecule has 6 fully saturated rings. The second kappa shape index (κ2) is 35.6. The second-order valence-electron chi connectivity index (χ2n) is 27.1. The number of benzene rings is 6. The molecule has 0 spiro atoms. The van der Waals surface area contributed by atoms with Crippen LogP contribution in [-0.4, -0.2) is 237 Å². The number of rotatable bonds is 24. The van der Waals surface area contributed by atoms with Crippen LogP contribution in [0.1, 0.15) is 66.3 Å². The van der Waals surface area contributed by atoms with Gasteiger partial charge in [0.25, 0.3) is 0 Å². The predicted molar refractivity (Wildman–Crippen MR) is 394 cm³/mol. The van der Waals surface area contributed by atoms with E-state index in [1.54, 1.807) is 21.3 Å². The molecule has 8 heterocycles. The molecule has 2 aromatic heterocycles. The van der Waals surface area contributed by atoms with Gasteiger partial charge in [-0.25, -0.2) is 9.97 Å². The Morgan fingerprint density at radius 2 is 0.876 bits per heavy atom. The molecule has 97 heavy (non-hydrogen) atoms. The highest BCUT2D eigenvalue weighted by atomic mass is 35.5. The molecular weight excluding hydrogens is 1230 g/mol. The Bertz CT molecular complexity index is 3650. The molecule has 0 unspecified atom stereocenters. The third-order valence-corrected chi connectivity index (χ3v) is 20.5. The first-order chi connectivity index (χ1) is 47.7. The summed E-state index contributed by atoms with van der Waals surface area (Å²) in [6.45, 7) is 33.4. The highest BCUT2D eigenvalue weighted by Crippen LogP contribution is 2.37. The number of ether oxygens (including phenoxy) is 4. The van der Waals surface area contributed by atoms with E-state index in [1.165, 1.54) is 151 Å². The fourth-order valence-electron chi connectivity index (χ4n) is 14.3. The van der Waals surface area contributed by atoms with Crippen LogP contribution in [0.3, 0.4) is 0 Å². The molecule has 6 aromatic carbocycles. The number of hydrogen-bond donors (Lipinski definition) is 0. The number of anilines is 1.